The minimum atomic E-state index is -1.42. The summed E-state index contributed by atoms with van der Waals surface area (Å²) in [5, 5.41) is 3.14. The Balaban J connectivity index is 1.77. The molecular weight excluding hydrogens is 430 g/mol. The molecule has 1 aliphatic carbocycles. The number of rotatable bonds is 2. The number of ether oxygens (including phenoxy) is 2. The third-order valence-corrected chi connectivity index (χ3v) is 7.64. The van der Waals surface area contributed by atoms with Gasteiger partial charge in [0.05, 0.1) is 6.26 Å². The van der Waals surface area contributed by atoms with Crippen molar-refractivity contribution in [3.8, 4) is 0 Å². The highest BCUT2D eigenvalue weighted by atomic mass is 16.7. The van der Waals surface area contributed by atoms with E-state index < -0.39 is 23.6 Å². The van der Waals surface area contributed by atoms with Crippen LogP contribution in [0.3, 0.4) is 0 Å². The molecule has 0 aromatic heterocycles. The molecule has 1 spiro atoms. The minimum absolute atomic E-state index is 0.0110. The van der Waals surface area contributed by atoms with Gasteiger partial charge in [-0.3, -0.25) is 9.59 Å². The van der Waals surface area contributed by atoms with Gasteiger partial charge in [0, 0.05) is 29.7 Å². The van der Waals surface area contributed by atoms with Crippen molar-refractivity contribution in [1.82, 2.24) is 5.32 Å². The lowest BCUT2D eigenvalue weighted by Crippen LogP contribution is -2.56. The van der Waals surface area contributed by atoms with Crippen molar-refractivity contribution >= 4 is 17.8 Å². The van der Waals surface area contributed by atoms with Crippen LogP contribution >= 0.6 is 0 Å². The van der Waals surface area contributed by atoms with E-state index >= 15 is 0 Å². The van der Waals surface area contributed by atoms with Crippen LogP contribution < -0.4 is 5.32 Å². The molecule has 0 saturated carbocycles. The Morgan fingerprint density at radius 3 is 2.53 bits per heavy atom. The van der Waals surface area contributed by atoms with Gasteiger partial charge in [0.2, 0.25) is 5.60 Å². The predicted octanol–water partition coefficient (Wildman–Crippen LogP) is 4.76. The van der Waals surface area contributed by atoms with Crippen LogP contribution in [0.5, 0.6) is 0 Å². The molecule has 2 heterocycles. The molecule has 1 aromatic rings. The second kappa shape index (κ2) is 9.61. The Hall–Kier alpha value is -3.15. The summed E-state index contributed by atoms with van der Waals surface area (Å²) in [5.74, 6) is -1.57. The van der Waals surface area contributed by atoms with E-state index in [1.807, 2.05) is 55.5 Å². The largest absolute Gasteiger partial charge is 0.514 e. The van der Waals surface area contributed by atoms with Crippen LogP contribution in [-0.2, 0) is 25.5 Å². The van der Waals surface area contributed by atoms with E-state index in [-0.39, 0.29) is 35.5 Å². The Labute approximate surface area is 201 Å². The number of ketones is 1. The highest BCUT2D eigenvalue weighted by Gasteiger charge is 2.64. The van der Waals surface area contributed by atoms with Gasteiger partial charge in [0.15, 0.2) is 0 Å². The van der Waals surface area contributed by atoms with Crippen molar-refractivity contribution in [3.05, 3.63) is 72.0 Å². The number of benzene rings is 1. The van der Waals surface area contributed by atoms with Crippen molar-refractivity contribution in [2.24, 2.45) is 29.6 Å². The number of hydrogen-bond acceptors (Lipinski definition) is 5. The fourth-order valence-electron chi connectivity index (χ4n) is 5.65. The Bertz CT molecular complexity index is 1040. The number of cyclic esters (lactones) is 1. The number of carbonyl (C=O) groups is 3. The summed E-state index contributed by atoms with van der Waals surface area (Å²) in [4.78, 5) is 39.1. The summed E-state index contributed by atoms with van der Waals surface area (Å²) in [5.41, 5.74) is 0.823. The first-order valence-corrected chi connectivity index (χ1v) is 12.0. The van der Waals surface area contributed by atoms with Gasteiger partial charge in [-0.15, -0.1) is 0 Å². The van der Waals surface area contributed by atoms with Crippen LogP contribution in [0, 0.1) is 29.6 Å². The quantitative estimate of drug-likeness (QED) is 0.505. The second-order valence-electron chi connectivity index (χ2n) is 9.87. The van der Waals surface area contributed by atoms with Crippen LogP contribution in [0.25, 0.3) is 0 Å². The van der Waals surface area contributed by atoms with Crippen molar-refractivity contribution in [3.63, 3.8) is 0 Å². The summed E-state index contributed by atoms with van der Waals surface area (Å²) in [6, 6.07) is 9.79. The molecule has 1 fully saturated rings. The van der Waals surface area contributed by atoms with Gasteiger partial charge in [-0.2, -0.15) is 0 Å². The first-order valence-electron chi connectivity index (χ1n) is 12.0. The molecule has 1 aromatic carbocycles. The first kappa shape index (κ1) is 24.0. The SMILES string of the molecule is CC1=C[C@H]2C=CC[C@@H](C)C(=O)[C@H](C)C=COC(=O)O[C@@]23C(=O)N[C@H](Cc2ccccc2)[C@H]3[C@H]1C. The fourth-order valence-corrected chi connectivity index (χ4v) is 5.65. The maximum Gasteiger partial charge on any atom is 0.514 e. The normalized spacial score (nSPS) is 36.0. The zero-order valence-electron chi connectivity index (χ0n) is 20.2. The molecular formula is C28H33NO5. The zero-order valence-corrected chi connectivity index (χ0v) is 20.2. The molecule has 6 nitrogen and oxygen atoms in total. The lowest BCUT2D eigenvalue weighted by atomic mass is 9.63. The lowest BCUT2D eigenvalue weighted by molar-refractivity contribution is -0.147. The highest BCUT2D eigenvalue weighted by Crippen LogP contribution is 2.50. The molecule has 4 rings (SSSR count). The lowest BCUT2D eigenvalue weighted by Gasteiger charge is -2.44. The molecule has 1 amide bonds. The number of nitrogens with one attached hydrogen (secondary N) is 1. The third-order valence-electron chi connectivity index (χ3n) is 7.64. The van der Waals surface area contributed by atoms with E-state index in [9.17, 15) is 14.4 Å². The number of carbonyl (C=O) groups excluding carboxylic acids is 3. The molecule has 0 radical (unpaired) electrons. The molecule has 0 bridgehead atoms. The Morgan fingerprint density at radius 2 is 1.79 bits per heavy atom. The first-order chi connectivity index (χ1) is 16.2. The Kier molecular flexibility index (Phi) is 6.78. The van der Waals surface area contributed by atoms with Gasteiger partial charge < -0.3 is 14.8 Å². The van der Waals surface area contributed by atoms with Gasteiger partial charge in [0.25, 0.3) is 5.91 Å². The monoisotopic (exact) mass is 463 g/mol. The van der Waals surface area contributed by atoms with Gasteiger partial charge in [-0.05, 0) is 37.3 Å². The average Bonchev–Trinajstić information content (AvgIpc) is 3.08. The molecule has 180 valence electrons. The summed E-state index contributed by atoms with van der Waals surface area (Å²) < 4.78 is 11.2. The summed E-state index contributed by atoms with van der Waals surface area (Å²) in [6.45, 7) is 7.80. The van der Waals surface area contributed by atoms with E-state index in [2.05, 4.69) is 19.2 Å². The van der Waals surface area contributed by atoms with Crippen molar-refractivity contribution < 1.29 is 23.9 Å². The fraction of sp³-hybridized carbons (Fsp3) is 0.464. The number of Topliss-reactive ketones (excluding diaryl/α,β-unsaturated/α-hetero) is 1. The molecule has 1 N–H and O–H groups in total. The summed E-state index contributed by atoms with van der Waals surface area (Å²) >= 11 is 0. The van der Waals surface area contributed by atoms with Gasteiger partial charge >= 0.3 is 6.16 Å². The van der Waals surface area contributed by atoms with Gasteiger partial charge in [-0.1, -0.05) is 74.9 Å². The van der Waals surface area contributed by atoms with E-state index in [4.69, 9.17) is 9.47 Å². The van der Waals surface area contributed by atoms with E-state index in [0.717, 1.165) is 11.1 Å². The molecule has 0 unspecified atom stereocenters. The van der Waals surface area contributed by atoms with E-state index in [1.54, 1.807) is 13.0 Å². The molecule has 6 heteroatoms. The number of allylic oxidation sites excluding steroid dienone is 3. The highest BCUT2D eigenvalue weighted by molar-refractivity contribution is 5.92. The summed E-state index contributed by atoms with van der Waals surface area (Å²) in [6.07, 6.45) is 8.85. The van der Waals surface area contributed by atoms with Crippen LogP contribution in [0.1, 0.15) is 39.7 Å². The van der Waals surface area contributed by atoms with E-state index in [1.165, 1.54) is 6.26 Å². The van der Waals surface area contributed by atoms with Crippen LogP contribution in [0.15, 0.2) is 66.5 Å². The molecule has 34 heavy (non-hydrogen) atoms. The number of hydrogen-bond donors (Lipinski definition) is 1. The number of amides is 1. The average molecular weight is 464 g/mol. The van der Waals surface area contributed by atoms with Crippen molar-refractivity contribution in [2.75, 3.05) is 0 Å². The van der Waals surface area contributed by atoms with Crippen LogP contribution in [0.4, 0.5) is 4.79 Å². The van der Waals surface area contributed by atoms with Gasteiger partial charge in [0.1, 0.15) is 5.78 Å². The minimum Gasteiger partial charge on any atom is -0.416 e. The Morgan fingerprint density at radius 1 is 1.06 bits per heavy atom. The zero-order chi connectivity index (χ0) is 24.5. The van der Waals surface area contributed by atoms with Crippen LogP contribution in [0.2, 0.25) is 0 Å². The maximum atomic E-state index is 13.6. The molecule has 2 aliphatic heterocycles. The summed E-state index contributed by atoms with van der Waals surface area (Å²) in [7, 11) is 0. The molecule has 1 saturated heterocycles. The standard InChI is InChI=1S/C28H33NO5/c1-17-9-8-12-22-15-19(3)20(4)24-23(16-21-10-6-5-7-11-21)29-26(31)28(22,24)34-27(32)33-14-13-18(2)25(17)30/h5-8,10-15,17-18,20,22-24H,9,16H2,1-4H3,(H,29,31)/t17-,18-,20+,22-,23-,24-,28+/m1/s1. The maximum absolute atomic E-state index is 13.6. The van der Waals surface area contributed by atoms with Crippen LogP contribution in [-0.4, -0.2) is 29.5 Å². The topological polar surface area (TPSA) is 81.7 Å². The van der Waals surface area contributed by atoms with Crippen molar-refractivity contribution in [1.29, 1.82) is 0 Å². The third kappa shape index (κ3) is 4.33. The van der Waals surface area contributed by atoms with E-state index in [0.29, 0.717) is 12.8 Å². The van der Waals surface area contributed by atoms with Crippen molar-refractivity contribution in [2.45, 2.75) is 52.2 Å². The predicted molar refractivity (Wildman–Crippen MR) is 129 cm³/mol. The molecule has 3 aliphatic rings. The second-order valence-corrected chi connectivity index (χ2v) is 9.87. The molecule has 7 atom stereocenters. The van der Waals surface area contributed by atoms with Gasteiger partial charge in [-0.25, -0.2) is 4.79 Å². The smallest absolute Gasteiger partial charge is 0.416 e.